The molecule has 1 rings (SSSR count). The van der Waals surface area contributed by atoms with Crippen LogP contribution in [0.4, 0.5) is 12.9 Å². The average Bonchev–Trinajstić information content (AvgIpc) is 2.38. The summed E-state index contributed by atoms with van der Waals surface area (Å²) in [6, 6.07) is 0.161. The van der Waals surface area contributed by atoms with Gasteiger partial charge in [0, 0.05) is 6.04 Å². The van der Waals surface area contributed by atoms with Gasteiger partial charge < -0.3 is 18.3 Å². The molecule has 0 aliphatic heterocycles. The van der Waals surface area contributed by atoms with Gasteiger partial charge in [0.2, 0.25) is 0 Å². The smallest absolute Gasteiger partial charge is 0.448 e. The normalized spacial score (nSPS) is 18.3. The van der Waals surface area contributed by atoms with Crippen molar-refractivity contribution in [1.82, 2.24) is 5.32 Å². The van der Waals surface area contributed by atoms with Gasteiger partial charge in [0.25, 0.3) is 0 Å². The van der Waals surface area contributed by atoms with Crippen LogP contribution in [0.15, 0.2) is 0 Å². The summed E-state index contributed by atoms with van der Waals surface area (Å²) in [4.78, 5) is 0. The van der Waals surface area contributed by atoms with Crippen LogP contribution in [0.3, 0.4) is 0 Å². The summed E-state index contributed by atoms with van der Waals surface area (Å²) < 4.78 is 34.3. The van der Waals surface area contributed by atoms with Crippen molar-refractivity contribution in [3.8, 4) is 0 Å². The van der Waals surface area contributed by atoms with E-state index >= 15 is 0 Å². The fraction of sp³-hybridized carbons (Fsp3) is 1.00. The number of rotatable bonds is 3. The first-order chi connectivity index (χ1) is 4.08. The van der Waals surface area contributed by atoms with E-state index in [2.05, 4.69) is 5.32 Å². The molecule has 0 saturated heterocycles. The SMILES string of the molecule is F[B-](F)(F)CNC1CC1.[K+]. The first kappa shape index (κ1) is 11.5. The molecule has 1 aliphatic rings. The first-order valence-electron chi connectivity index (χ1n) is 3.02. The fourth-order valence-corrected chi connectivity index (χ4v) is 0.588. The first-order valence-corrected chi connectivity index (χ1v) is 3.02. The molecular formula is C4H8BF3KN. The molecule has 0 aromatic carbocycles. The maximum Gasteiger partial charge on any atom is 1.00 e. The minimum absolute atomic E-state index is 0. The van der Waals surface area contributed by atoms with Gasteiger partial charge in [-0.05, 0) is 19.3 Å². The van der Waals surface area contributed by atoms with Crippen LogP contribution >= 0.6 is 0 Å². The molecule has 0 unspecified atom stereocenters. The van der Waals surface area contributed by atoms with Crippen molar-refractivity contribution in [1.29, 1.82) is 0 Å². The Morgan fingerprint density at radius 3 is 2.10 bits per heavy atom. The minimum Gasteiger partial charge on any atom is -0.448 e. The predicted octanol–water partition coefficient (Wildman–Crippen LogP) is -1.87. The summed E-state index contributed by atoms with van der Waals surface area (Å²) in [5.41, 5.74) is 0. The van der Waals surface area contributed by atoms with Crippen molar-refractivity contribution in [3.63, 3.8) is 0 Å². The second-order valence-electron chi connectivity index (χ2n) is 2.39. The zero-order chi connectivity index (χ0) is 6.91. The summed E-state index contributed by atoms with van der Waals surface area (Å²) in [6.45, 7) is -4.60. The van der Waals surface area contributed by atoms with E-state index in [1.807, 2.05) is 0 Å². The van der Waals surface area contributed by atoms with Crippen LogP contribution in [0.5, 0.6) is 0 Å². The third-order valence-electron chi connectivity index (χ3n) is 1.22. The summed E-state index contributed by atoms with van der Waals surface area (Å²) >= 11 is 0. The Kier molecular flexibility index (Phi) is 5.12. The van der Waals surface area contributed by atoms with E-state index in [1.54, 1.807) is 0 Å². The Morgan fingerprint density at radius 2 is 1.80 bits per heavy atom. The Bertz CT molecular complexity index is 103. The standard InChI is InChI=1S/C4H8BF3N.K/c6-5(7,8)3-9-4-1-2-4;/h4,9H,1-3H2;/q-1;+1. The van der Waals surface area contributed by atoms with Crippen molar-refractivity contribution in [2.75, 3.05) is 6.44 Å². The van der Waals surface area contributed by atoms with Gasteiger partial charge in [0.05, 0.1) is 0 Å². The van der Waals surface area contributed by atoms with Gasteiger partial charge in [-0.3, -0.25) is 0 Å². The number of hydrogen-bond acceptors (Lipinski definition) is 1. The van der Waals surface area contributed by atoms with E-state index < -0.39 is 13.4 Å². The van der Waals surface area contributed by atoms with E-state index in [0.717, 1.165) is 12.8 Å². The van der Waals surface area contributed by atoms with Gasteiger partial charge >= 0.3 is 58.4 Å². The number of nitrogens with one attached hydrogen (secondary N) is 1. The van der Waals surface area contributed by atoms with Gasteiger partial charge in [-0.15, -0.1) is 0 Å². The van der Waals surface area contributed by atoms with Gasteiger partial charge in [0.15, 0.2) is 0 Å². The maximum absolute atomic E-state index is 11.4. The molecule has 0 heterocycles. The van der Waals surface area contributed by atoms with Crippen LogP contribution in [-0.4, -0.2) is 19.5 Å². The van der Waals surface area contributed by atoms with Gasteiger partial charge in [-0.2, -0.15) is 0 Å². The molecule has 0 amide bonds. The van der Waals surface area contributed by atoms with Gasteiger partial charge in [0.1, 0.15) is 0 Å². The van der Waals surface area contributed by atoms with E-state index in [9.17, 15) is 12.9 Å². The van der Waals surface area contributed by atoms with Crippen LogP contribution in [0, 0.1) is 0 Å². The molecule has 0 radical (unpaired) electrons. The van der Waals surface area contributed by atoms with Gasteiger partial charge in [-0.25, -0.2) is 0 Å². The molecule has 1 fully saturated rings. The summed E-state index contributed by atoms with van der Waals surface area (Å²) in [6.07, 6.45) is 1.04. The number of hydrogen-bond donors (Lipinski definition) is 1. The zero-order valence-electron chi connectivity index (χ0n) is 5.91. The minimum atomic E-state index is -4.60. The Hall–Kier alpha value is 1.45. The third-order valence-corrected chi connectivity index (χ3v) is 1.22. The third kappa shape index (κ3) is 6.18. The monoisotopic (exact) mass is 177 g/mol. The molecule has 1 N–H and O–H groups in total. The van der Waals surface area contributed by atoms with Crippen LogP contribution in [0.1, 0.15) is 12.8 Å². The molecule has 0 spiro atoms. The number of halogens is 3. The van der Waals surface area contributed by atoms with Crippen LogP contribution in [0.2, 0.25) is 0 Å². The van der Waals surface area contributed by atoms with Crippen LogP contribution in [0.25, 0.3) is 0 Å². The van der Waals surface area contributed by atoms with E-state index in [4.69, 9.17) is 0 Å². The van der Waals surface area contributed by atoms with E-state index in [-0.39, 0.29) is 57.4 Å². The van der Waals surface area contributed by atoms with Gasteiger partial charge in [-0.1, -0.05) is 0 Å². The molecule has 0 bridgehead atoms. The van der Waals surface area contributed by atoms with Crippen LogP contribution in [-0.2, 0) is 0 Å². The van der Waals surface area contributed by atoms with Crippen molar-refractivity contribution < 1.29 is 64.3 Å². The molecule has 0 aromatic heterocycles. The summed E-state index contributed by atoms with van der Waals surface area (Å²) in [5, 5.41) is 2.40. The average molecular weight is 177 g/mol. The molecule has 1 saturated carbocycles. The van der Waals surface area contributed by atoms with Crippen molar-refractivity contribution in [2.24, 2.45) is 0 Å². The molecule has 10 heavy (non-hydrogen) atoms. The quantitative estimate of drug-likeness (QED) is 0.498. The largest absolute Gasteiger partial charge is 1.00 e. The van der Waals surface area contributed by atoms with Crippen LogP contribution < -0.4 is 56.7 Å². The Labute approximate surface area is 101 Å². The Morgan fingerprint density at radius 1 is 1.30 bits per heavy atom. The molecule has 0 aromatic rings. The van der Waals surface area contributed by atoms with E-state index in [0.29, 0.717) is 0 Å². The van der Waals surface area contributed by atoms with Crippen molar-refractivity contribution in [3.05, 3.63) is 0 Å². The fourth-order valence-electron chi connectivity index (χ4n) is 0.588. The zero-order valence-corrected chi connectivity index (χ0v) is 9.03. The summed E-state index contributed by atoms with van der Waals surface area (Å²) in [5.74, 6) is 0. The van der Waals surface area contributed by atoms with Crippen molar-refractivity contribution >= 4 is 6.98 Å². The second kappa shape index (κ2) is 4.47. The predicted molar refractivity (Wildman–Crippen MR) is 30.1 cm³/mol. The maximum atomic E-state index is 11.4. The molecule has 54 valence electrons. The molecule has 6 heteroatoms. The molecule has 1 aliphatic carbocycles. The molecule has 1 nitrogen and oxygen atoms in total. The molecular weight excluding hydrogens is 169 g/mol. The van der Waals surface area contributed by atoms with E-state index in [1.165, 1.54) is 0 Å². The van der Waals surface area contributed by atoms with Crippen molar-refractivity contribution in [2.45, 2.75) is 18.9 Å². The molecule has 0 atom stereocenters. The topological polar surface area (TPSA) is 12.0 Å². The summed E-state index contributed by atoms with van der Waals surface area (Å²) in [7, 11) is 0. The second-order valence-corrected chi connectivity index (χ2v) is 2.39. The Balaban J connectivity index is 0.000000810.